The molecule has 2 rings (SSSR count). The van der Waals surface area contributed by atoms with Crippen LogP contribution in [0.4, 0.5) is 0 Å². The molecule has 0 radical (unpaired) electrons. The van der Waals surface area contributed by atoms with Crippen molar-refractivity contribution >= 4 is 17.7 Å². The number of aromatic nitrogens is 1. The molecule has 100 valence electrons. The van der Waals surface area contributed by atoms with Gasteiger partial charge in [0.25, 0.3) is 5.91 Å². The Bertz CT molecular complexity index is 578. The van der Waals surface area contributed by atoms with Crippen LogP contribution in [0.3, 0.4) is 0 Å². The summed E-state index contributed by atoms with van der Waals surface area (Å²) in [5, 5.41) is 3.85. The van der Waals surface area contributed by atoms with E-state index in [1.165, 1.54) is 0 Å². The molecule has 0 unspecified atom stereocenters. The topological polar surface area (TPSA) is 46.3 Å². The summed E-state index contributed by atoms with van der Waals surface area (Å²) in [6.07, 6.45) is 0. The Morgan fingerprint density at radius 1 is 1.37 bits per heavy atom. The molecular formula is C14H16N2O2S. The van der Waals surface area contributed by atoms with Gasteiger partial charge in [-0.05, 0) is 19.1 Å². The second-order valence-electron chi connectivity index (χ2n) is 4.42. The zero-order valence-electron chi connectivity index (χ0n) is 11.2. The van der Waals surface area contributed by atoms with E-state index in [2.05, 4.69) is 5.16 Å². The smallest absolute Gasteiger partial charge is 0.254 e. The van der Waals surface area contributed by atoms with Crippen LogP contribution < -0.4 is 0 Å². The number of nitrogens with zero attached hydrogens (tertiary/aromatic N) is 2. The quantitative estimate of drug-likeness (QED) is 0.805. The number of thioether (sulfide) groups is 1. The number of benzene rings is 1. The summed E-state index contributed by atoms with van der Waals surface area (Å²) in [4.78, 5) is 14.6. The van der Waals surface area contributed by atoms with Crippen LogP contribution >= 0.6 is 11.8 Å². The van der Waals surface area contributed by atoms with Crippen molar-refractivity contribution in [3.05, 3.63) is 47.3 Å². The SMILES string of the molecule is Cc1cc(CSc2ccccc2C(=O)N(C)C)on1. The van der Waals surface area contributed by atoms with Crippen molar-refractivity contribution in [2.45, 2.75) is 17.6 Å². The number of hydrogen-bond donors (Lipinski definition) is 0. The Kier molecular flexibility index (Phi) is 4.27. The van der Waals surface area contributed by atoms with E-state index in [0.29, 0.717) is 11.3 Å². The summed E-state index contributed by atoms with van der Waals surface area (Å²) in [6, 6.07) is 9.50. The minimum atomic E-state index is 0.0110. The minimum absolute atomic E-state index is 0.0110. The Morgan fingerprint density at radius 2 is 2.11 bits per heavy atom. The fourth-order valence-corrected chi connectivity index (χ4v) is 2.56. The van der Waals surface area contributed by atoms with Crippen LogP contribution in [0.25, 0.3) is 0 Å². The molecule has 0 bridgehead atoms. The summed E-state index contributed by atoms with van der Waals surface area (Å²) >= 11 is 1.58. The first-order chi connectivity index (χ1) is 9.08. The van der Waals surface area contributed by atoms with Gasteiger partial charge in [-0.1, -0.05) is 17.3 Å². The maximum atomic E-state index is 12.1. The molecule has 0 spiro atoms. The molecule has 0 aliphatic carbocycles. The molecule has 4 nitrogen and oxygen atoms in total. The predicted molar refractivity (Wildman–Crippen MR) is 75.3 cm³/mol. The first-order valence-electron chi connectivity index (χ1n) is 5.93. The van der Waals surface area contributed by atoms with Crippen LogP contribution in [0.5, 0.6) is 0 Å². The van der Waals surface area contributed by atoms with Crippen molar-refractivity contribution in [3.8, 4) is 0 Å². The molecular weight excluding hydrogens is 260 g/mol. The Morgan fingerprint density at radius 3 is 2.74 bits per heavy atom. The number of aryl methyl sites for hydroxylation is 1. The highest BCUT2D eigenvalue weighted by Crippen LogP contribution is 2.27. The van der Waals surface area contributed by atoms with Gasteiger partial charge in [0.1, 0.15) is 5.76 Å². The van der Waals surface area contributed by atoms with E-state index in [4.69, 9.17) is 4.52 Å². The first-order valence-corrected chi connectivity index (χ1v) is 6.92. The highest BCUT2D eigenvalue weighted by Gasteiger charge is 2.13. The van der Waals surface area contributed by atoms with Gasteiger partial charge in [0.2, 0.25) is 0 Å². The fourth-order valence-electron chi connectivity index (χ4n) is 1.64. The van der Waals surface area contributed by atoms with E-state index in [1.54, 1.807) is 30.8 Å². The summed E-state index contributed by atoms with van der Waals surface area (Å²) in [5.74, 6) is 1.49. The van der Waals surface area contributed by atoms with Crippen LogP contribution in [-0.4, -0.2) is 30.1 Å². The van der Waals surface area contributed by atoms with E-state index < -0.39 is 0 Å². The lowest BCUT2D eigenvalue weighted by Gasteiger charge is -2.13. The Balaban J connectivity index is 2.14. The number of carbonyl (C=O) groups excluding carboxylic acids is 1. The molecule has 1 amide bonds. The molecule has 0 aliphatic rings. The molecule has 19 heavy (non-hydrogen) atoms. The summed E-state index contributed by atoms with van der Waals surface area (Å²) in [6.45, 7) is 1.89. The number of hydrogen-bond acceptors (Lipinski definition) is 4. The van der Waals surface area contributed by atoms with Crippen molar-refractivity contribution in [2.24, 2.45) is 0 Å². The zero-order valence-corrected chi connectivity index (χ0v) is 12.0. The molecule has 2 aromatic rings. The van der Waals surface area contributed by atoms with E-state index in [1.807, 2.05) is 37.3 Å². The van der Waals surface area contributed by atoms with Gasteiger partial charge in [-0.15, -0.1) is 11.8 Å². The molecule has 0 atom stereocenters. The van der Waals surface area contributed by atoms with E-state index in [-0.39, 0.29) is 5.91 Å². The van der Waals surface area contributed by atoms with Gasteiger partial charge in [0, 0.05) is 25.1 Å². The third kappa shape index (κ3) is 3.38. The monoisotopic (exact) mass is 276 g/mol. The Labute approximate surface area is 116 Å². The number of rotatable bonds is 4. The molecule has 1 aromatic carbocycles. The Hall–Kier alpha value is -1.75. The van der Waals surface area contributed by atoms with Gasteiger partial charge < -0.3 is 9.42 Å². The molecule has 0 fully saturated rings. The summed E-state index contributed by atoms with van der Waals surface area (Å²) in [5.41, 5.74) is 1.59. The largest absolute Gasteiger partial charge is 0.360 e. The van der Waals surface area contributed by atoms with E-state index in [9.17, 15) is 4.79 Å². The maximum Gasteiger partial charge on any atom is 0.254 e. The minimum Gasteiger partial charge on any atom is -0.360 e. The normalized spacial score (nSPS) is 10.5. The van der Waals surface area contributed by atoms with E-state index in [0.717, 1.165) is 16.3 Å². The van der Waals surface area contributed by atoms with Gasteiger partial charge in [-0.25, -0.2) is 0 Å². The average molecular weight is 276 g/mol. The number of amides is 1. The molecule has 0 saturated heterocycles. The van der Waals surface area contributed by atoms with Gasteiger partial charge >= 0.3 is 0 Å². The molecule has 0 aliphatic heterocycles. The lowest BCUT2D eigenvalue weighted by atomic mass is 10.2. The second kappa shape index (κ2) is 5.93. The van der Waals surface area contributed by atoms with Gasteiger partial charge in [0.05, 0.1) is 17.0 Å². The highest BCUT2D eigenvalue weighted by molar-refractivity contribution is 7.98. The first kappa shape index (κ1) is 13.7. The summed E-state index contributed by atoms with van der Waals surface area (Å²) in [7, 11) is 3.51. The van der Waals surface area contributed by atoms with Gasteiger partial charge in [0.15, 0.2) is 0 Å². The third-order valence-corrected chi connectivity index (χ3v) is 3.67. The van der Waals surface area contributed by atoms with Gasteiger partial charge in [-0.3, -0.25) is 4.79 Å². The molecule has 0 N–H and O–H groups in total. The van der Waals surface area contributed by atoms with Crippen LogP contribution in [0.15, 0.2) is 39.8 Å². The fraction of sp³-hybridized carbons (Fsp3) is 0.286. The zero-order chi connectivity index (χ0) is 13.8. The lowest BCUT2D eigenvalue weighted by Crippen LogP contribution is -2.22. The summed E-state index contributed by atoms with van der Waals surface area (Å²) < 4.78 is 5.17. The van der Waals surface area contributed by atoms with Crippen LogP contribution in [0, 0.1) is 6.92 Å². The molecule has 1 heterocycles. The standard InChI is InChI=1S/C14H16N2O2S/c1-10-8-11(18-15-10)9-19-13-7-5-4-6-12(13)14(17)16(2)3/h4-8H,9H2,1-3H3. The van der Waals surface area contributed by atoms with Crippen LogP contribution in [0.2, 0.25) is 0 Å². The van der Waals surface area contributed by atoms with E-state index >= 15 is 0 Å². The van der Waals surface area contributed by atoms with Crippen LogP contribution in [0.1, 0.15) is 21.8 Å². The molecule has 5 heteroatoms. The van der Waals surface area contributed by atoms with Crippen molar-refractivity contribution in [3.63, 3.8) is 0 Å². The molecule has 0 saturated carbocycles. The highest BCUT2D eigenvalue weighted by atomic mass is 32.2. The van der Waals surface area contributed by atoms with Crippen molar-refractivity contribution in [1.29, 1.82) is 0 Å². The van der Waals surface area contributed by atoms with Crippen LogP contribution in [-0.2, 0) is 5.75 Å². The van der Waals surface area contributed by atoms with Crippen molar-refractivity contribution < 1.29 is 9.32 Å². The maximum absolute atomic E-state index is 12.1. The van der Waals surface area contributed by atoms with Crippen molar-refractivity contribution in [1.82, 2.24) is 10.1 Å². The average Bonchev–Trinajstić information content (AvgIpc) is 2.81. The predicted octanol–water partition coefficient (Wildman–Crippen LogP) is 2.98. The lowest BCUT2D eigenvalue weighted by molar-refractivity contribution is 0.0824. The second-order valence-corrected chi connectivity index (χ2v) is 5.44. The number of carbonyl (C=O) groups is 1. The molecule has 1 aromatic heterocycles. The third-order valence-electron chi connectivity index (χ3n) is 2.57. The van der Waals surface area contributed by atoms with Gasteiger partial charge in [-0.2, -0.15) is 0 Å². The van der Waals surface area contributed by atoms with Crippen molar-refractivity contribution in [2.75, 3.05) is 14.1 Å².